The summed E-state index contributed by atoms with van der Waals surface area (Å²) in [6.45, 7) is 2.05. The molecule has 0 bridgehead atoms. The number of anilines is 2. The molecule has 1 amide bonds. The summed E-state index contributed by atoms with van der Waals surface area (Å²) in [6, 6.07) is 8.45. The molecule has 0 radical (unpaired) electrons. The Balaban J connectivity index is 1.86. The fourth-order valence-corrected chi connectivity index (χ4v) is 3.00. The van der Waals surface area contributed by atoms with Gasteiger partial charge in [0.05, 0.1) is 23.8 Å². The number of morpholine rings is 1. The number of carbonyl (C=O) groups excluding carboxylic acids is 1. The van der Waals surface area contributed by atoms with Gasteiger partial charge >= 0.3 is 0 Å². The monoisotopic (exact) mass is 423 g/mol. The fourth-order valence-electron chi connectivity index (χ4n) is 2.67. The van der Waals surface area contributed by atoms with Crippen LogP contribution in [0, 0.1) is 15.9 Å². The van der Waals surface area contributed by atoms with Crippen molar-refractivity contribution in [1.29, 1.82) is 0 Å². The van der Waals surface area contributed by atoms with Crippen LogP contribution in [0.3, 0.4) is 0 Å². The fraction of sp³-hybridized carbons (Fsp3) is 0.235. The second-order valence-corrected chi connectivity index (χ2v) is 6.55. The quantitative estimate of drug-likeness (QED) is 0.599. The molecule has 2 aromatic carbocycles. The number of nitrogens with one attached hydrogen (secondary N) is 1. The Hall–Kier alpha value is -2.52. The first-order valence-electron chi connectivity index (χ1n) is 7.83. The maximum absolute atomic E-state index is 13.9. The van der Waals surface area contributed by atoms with Crippen LogP contribution in [0.2, 0.25) is 0 Å². The Kier molecular flexibility index (Phi) is 5.48. The van der Waals surface area contributed by atoms with Crippen LogP contribution in [-0.2, 0) is 4.74 Å². The van der Waals surface area contributed by atoms with Crippen molar-refractivity contribution in [3.63, 3.8) is 0 Å². The van der Waals surface area contributed by atoms with Gasteiger partial charge in [-0.15, -0.1) is 0 Å². The standard InChI is InChI=1S/C17H15BrFN3O4/c18-12-2-3-14(13(19)10-12)20-17(23)11-1-4-15(16(9-11)22(24)25)21-5-7-26-8-6-21/h1-4,9-10H,5-8H2,(H,20,23). The minimum Gasteiger partial charge on any atom is -0.378 e. The number of hydrogen-bond donors (Lipinski definition) is 1. The van der Waals surface area contributed by atoms with Gasteiger partial charge in [0.2, 0.25) is 0 Å². The molecule has 26 heavy (non-hydrogen) atoms. The number of halogens is 2. The van der Waals surface area contributed by atoms with Crippen LogP contribution in [0.5, 0.6) is 0 Å². The van der Waals surface area contributed by atoms with Gasteiger partial charge in [-0.2, -0.15) is 0 Å². The normalized spacial score (nSPS) is 14.2. The van der Waals surface area contributed by atoms with Gasteiger partial charge in [0.25, 0.3) is 11.6 Å². The first-order chi connectivity index (χ1) is 12.5. The minimum absolute atomic E-state index is 0.00175. The van der Waals surface area contributed by atoms with Gasteiger partial charge in [-0.25, -0.2) is 4.39 Å². The van der Waals surface area contributed by atoms with Crippen LogP contribution in [0.4, 0.5) is 21.5 Å². The molecule has 3 rings (SSSR count). The summed E-state index contributed by atoms with van der Waals surface area (Å²) < 4.78 is 19.7. The number of nitrogens with zero attached hydrogens (tertiary/aromatic N) is 2. The predicted molar refractivity (Wildman–Crippen MR) is 98.2 cm³/mol. The van der Waals surface area contributed by atoms with Crippen molar-refractivity contribution < 1.29 is 18.8 Å². The molecule has 0 aliphatic carbocycles. The Morgan fingerprint density at radius 1 is 1.23 bits per heavy atom. The molecule has 7 nitrogen and oxygen atoms in total. The second kappa shape index (κ2) is 7.79. The topological polar surface area (TPSA) is 84.7 Å². The summed E-state index contributed by atoms with van der Waals surface area (Å²) in [5.41, 5.74) is 0.342. The average Bonchev–Trinajstić information content (AvgIpc) is 2.64. The summed E-state index contributed by atoms with van der Waals surface area (Å²) in [6.07, 6.45) is 0. The third-order valence-electron chi connectivity index (χ3n) is 3.97. The first-order valence-corrected chi connectivity index (χ1v) is 8.62. The van der Waals surface area contributed by atoms with Crippen LogP contribution >= 0.6 is 15.9 Å². The highest BCUT2D eigenvalue weighted by atomic mass is 79.9. The lowest BCUT2D eigenvalue weighted by Gasteiger charge is -2.28. The summed E-state index contributed by atoms with van der Waals surface area (Å²) in [4.78, 5) is 25.1. The predicted octanol–water partition coefficient (Wildman–Crippen LogP) is 3.59. The SMILES string of the molecule is O=C(Nc1ccc(Br)cc1F)c1ccc(N2CCOCC2)c([N+](=O)[O-])c1. The second-order valence-electron chi connectivity index (χ2n) is 5.64. The van der Waals surface area contributed by atoms with Crippen LogP contribution in [0.25, 0.3) is 0 Å². The van der Waals surface area contributed by atoms with Crippen LogP contribution in [-0.4, -0.2) is 37.1 Å². The molecule has 1 fully saturated rings. The minimum atomic E-state index is -0.622. The summed E-state index contributed by atoms with van der Waals surface area (Å²) in [5, 5.41) is 13.9. The van der Waals surface area contributed by atoms with Gasteiger partial charge in [0, 0.05) is 29.2 Å². The highest BCUT2D eigenvalue weighted by Gasteiger charge is 2.23. The molecule has 1 aliphatic heterocycles. The van der Waals surface area contributed by atoms with Crippen molar-refractivity contribution in [2.45, 2.75) is 0 Å². The van der Waals surface area contributed by atoms with E-state index in [-0.39, 0.29) is 16.9 Å². The third-order valence-corrected chi connectivity index (χ3v) is 4.46. The van der Waals surface area contributed by atoms with E-state index in [1.54, 1.807) is 6.07 Å². The van der Waals surface area contributed by atoms with E-state index < -0.39 is 16.6 Å². The summed E-state index contributed by atoms with van der Waals surface area (Å²) in [5.74, 6) is -1.23. The summed E-state index contributed by atoms with van der Waals surface area (Å²) in [7, 11) is 0. The first kappa shape index (κ1) is 18.3. The number of nitro groups is 1. The van der Waals surface area contributed by atoms with E-state index >= 15 is 0 Å². The van der Waals surface area contributed by atoms with Crippen molar-refractivity contribution in [1.82, 2.24) is 0 Å². The van der Waals surface area contributed by atoms with Crippen molar-refractivity contribution in [2.24, 2.45) is 0 Å². The number of nitro benzene ring substituents is 1. The van der Waals surface area contributed by atoms with E-state index in [2.05, 4.69) is 21.2 Å². The molecule has 0 atom stereocenters. The van der Waals surface area contributed by atoms with Crippen molar-refractivity contribution in [3.05, 3.63) is 62.4 Å². The number of benzene rings is 2. The highest BCUT2D eigenvalue weighted by Crippen LogP contribution is 2.30. The van der Waals surface area contributed by atoms with E-state index in [0.717, 1.165) is 0 Å². The molecule has 0 spiro atoms. The molecule has 0 unspecified atom stereocenters. The maximum Gasteiger partial charge on any atom is 0.293 e. The Bertz CT molecular complexity index is 856. The van der Waals surface area contributed by atoms with Gasteiger partial charge in [-0.3, -0.25) is 14.9 Å². The smallest absolute Gasteiger partial charge is 0.293 e. The number of ether oxygens (including phenoxy) is 1. The van der Waals surface area contributed by atoms with E-state index in [4.69, 9.17) is 4.74 Å². The molecule has 9 heteroatoms. The Morgan fingerprint density at radius 3 is 2.62 bits per heavy atom. The number of rotatable bonds is 4. The number of carbonyl (C=O) groups is 1. The molecule has 136 valence electrons. The zero-order valence-corrected chi connectivity index (χ0v) is 15.2. The highest BCUT2D eigenvalue weighted by molar-refractivity contribution is 9.10. The lowest BCUT2D eigenvalue weighted by molar-refractivity contribution is -0.384. The molecule has 1 saturated heterocycles. The number of amides is 1. The number of hydrogen-bond acceptors (Lipinski definition) is 5. The molecule has 1 aliphatic rings. The zero-order valence-electron chi connectivity index (χ0n) is 13.6. The molecule has 1 N–H and O–H groups in total. The van der Waals surface area contributed by atoms with Crippen molar-refractivity contribution in [3.8, 4) is 0 Å². The molecule has 0 aromatic heterocycles. The molecule has 2 aromatic rings. The van der Waals surface area contributed by atoms with Gasteiger partial charge in [0.1, 0.15) is 11.5 Å². The Morgan fingerprint density at radius 2 is 1.96 bits per heavy atom. The third kappa shape index (κ3) is 4.00. The largest absolute Gasteiger partial charge is 0.378 e. The van der Waals surface area contributed by atoms with E-state index in [1.165, 1.54) is 30.3 Å². The van der Waals surface area contributed by atoms with Gasteiger partial charge in [-0.1, -0.05) is 15.9 Å². The van der Waals surface area contributed by atoms with Gasteiger partial charge in [0.15, 0.2) is 0 Å². The van der Waals surface area contributed by atoms with Gasteiger partial charge < -0.3 is 15.0 Å². The Labute approximate surface area is 157 Å². The van der Waals surface area contributed by atoms with Crippen LogP contribution < -0.4 is 10.2 Å². The van der Waals surface area contributed by atoms with E-state index in [1.807, 2.05) is 4.90 Å². The van der Waals surface area contributed by atoms with Crippen molar-refractivity contribution >= 4 is 38.9 Å². The maximum atomic E-state index is 13.9. The van der Waals surface area contributed by atoms with E-state index in [0.29, 0.717) is 36.5 Å². The summed E-state index contributed by atoms with van der Waals surface area (Å²) >= 11 is 3.14. The van der Waals surface area contributed by atoms with E-state index in [9.17, 15) is 19.3 Å². The molecular formula is C17H15BrFN3O4. The van der Waals surface area contributed by atoms with Crippen LogP contribution in [0.15, 0.2) is 40.9 Å². The molecule has 0 saturated carbocycles. The van der Waals surface area contributed by atoms with Gasteiger partial charge in [-0.05, 0) is 30.3 Å². The molecular weight excluding hydrogens is 409 g/mol. The van der Waals surface area contributed by atoms with Crippen LogP contribution in [0.1, 0.15) is 10.4 Å². The van der Waals surface area contributed by atoms with Crippen molar-refractivity contribution in [2.75, 3.05) is 36.5 Å². The molecule has 1 heterocycles. The lowest BCUT2D eigenvalue weighted by Crippen LogP contribution is -2.36. The average molecular weight is 424 g/mol. The zero-order chi connectivity index (χ0) is 18.7. The lowest BCUT2D eigenvalue weighted by atomic mass is 10.1.